The summed E-state index contributed by atoms with van der Waals surface area (Å²) < 4.78 is 10.5. The van der Waals surface area contributed by atoms with Crippen molar-refractivity contribution >= 4 is 5.97 Å². The molecule has 88 valence electrons. The summed E-state index contributed by atoms with van der Waals surface area (Å²) in [6.07, 6.45) is 5.13. The van der Waals surface area contributed by atoms with E-state index in [2.05, 4.69) is 6.92 Å². The molecule has 0 aromatic rings. The lowest BCUT2D eigenvalue weighted by Gasteiger charge is -2.34. The Kier molecular flexibility index (Phi) is 4.58. The van der Waals surface area contributed by atoms with Gasteiger partial charge in [-0.15, -0.1) is 0 Å². The van der Waals surface area contributed by atoms with Gasteiger partial charge in [0.05, 0.1) is 18.6 Å². The monoisotopic (exact) mass is 214 g/mol. The molecule has 0 atom stereocenters. The third-order valence-electron chi connectivity index (χ3n) is 3.27. The lowest BCUT2D eigenvalue weighted by atomic mass is 9.75. The molecule has 0 amide bonds. The number of carbonyl (C=O) groups excluding carboxylic acids is 1. The smallest absolute Gasteiger partial charge is 0.311 e. The molecule has 0 bridgehead atoms. The second kappa shape index (κ2) is 5.50. The number of hydrogen-bond donors (Lipinski definition) is 0. The fourth-order valence-corrected chi connectivity index (χ4v) is 2.13. The predicted octanol–water partition coefficient (Wildman–Crippen LogP) is 2.53. The first-order chi connectivity index (χ1) is 7.12. The zero-order valence-corrected chi connectivity index (χ0v) is 10.0. The van der Waals surface area contributed by atoms with Crippen molar-refractivity contribution in [3.63, 3.8) is 0 Å². The lowest BCUT2D eigenvalue weighted by molar-refractivity contribution is -0.155. The second-order valence-electron chi connectivity index (χ2n) is 4.62. The van der Waals surface area contributed by atoms with Crippen molar-refractivity contribution in [2.45, 2.75) is 52.1 Å². The van der Waals surface area contributed by atoms with Crippen LogP contribution in [-0.2, 0) is 14.3 Å². The van der Waals surface area contributed by atoms with E-state index in [-0.39, 0.29) is 11.4 Å². The quantitative estimate of drug-likeness (QED) is 0.675. The van der Waals surface area contributed by atoms with E-state index in [1.807, 2.05) is 6.92 Å². The minimum atomic E-state index is -0.277. The fourth-order valence-electron chi connectivity index (χ4n) is 2.13. The SMILES string of the molecule is CCCOC1CCC(C)(C(=O)OC)CC1. The second-order valence-corrected chi connectivity index (χ2v) is 4.62. The van der Waals surface area contributed by atoms with Crippen molar-refractivity contribution < 1.29 is 14.3 Å². The van der Waals surface area contributed by atoms with Gasteiger partial charge in [0.15, 0.2) is 0 Å². The Hall–Kier alpha value is -0.570. The van der Waals surface area contributed by atoms with Crippen LogP contribution < -0.4 is 0 Å². The normalized spacial score (nSPS) is 31.3. The highest BCUT2D eigenvalue weighted by molar-refractivity contribution is 5.76. The van der Waals surface area contributed by atoms with Crippen LogP contribution in [-0.4, -0.2) is 25.8 Å². The summed E-state index contributed by atoms with van der Waals surface area (Å²) in [5.41, 5.74) is -0.277. The van der Waals surface area contributed by atoms with E-state index in [1.54, 1.807) is 0 Å². The average molecular weight is 214 g/mol. The fraction of sp³-hybridized carbons (Fsp3) is 0.917. The minimum absolute atomic E-state index is 0.0727. The van der Waals surface area contributed by atoms with E-state index < -0.39 is 0 Å². The first-order valence-electron chi connectivity index (χ1n) is 5.82. The maximum Gasteiger partial charge on any atom is 0.311 e. The number of methoxy groups -OCH3 is 1. The topological polar surface area (TPSA) is 35.5 Å². The van der Waals surface area contributed by atoms with E-state index in [0.29, 0.717) is 6.10 Å². The Morgan fingerprint density at radius 1 is 1.40 bits per heavy atom. The van der Waals surface area contributed by atoms with Crippen molar-refractivity contribution in [1.82, 2.24) is 0 Å². The van der Waals surface area contributed by atoms with Crippen LogP contribution in [0.25, 0.3) is 0 Å². The molecule has 1 rings (SSSR count). The van der Waals surface area contributed by atoms with Gasteiger partial charge in [0.2, 0.25) is 0 Å². The Balaban J connectivity index is 2.37. The highest BCUT2D eigenvalue weighted by Gasteiger charge is 2.38. The number of carbonyl (C=O) groups is 1. The molecule has 15 heavy (non-hydrogen) atoms. The van der Waals surface area contributed by atoms with Gasteiger partial charge in [-0.3, -0.25) is 4.79 Å². The Morgan fingerprint density at radius 2 is 2.00 bits per heavy atom. The first-order valence-corrected chi connectivity index (χ1v) is 5.82. The summed E-state index contributed by atoms with van der Waals surface area (Å²) >= 11 is 0. The van der Waals surface area contributed by atoms with E-state index >= 15 is 0 Å². The van der Waals surface area contributed by atoms with E-state index in [1.165, 1.54) is 7.11 Å². The van der Waals surface area contributed by atoms with Crippen LogP contribution in [0.4, 0.5) is 0 Å². The van der Waals surface area contributed by atoms with Crippen LogP contribution >= 0.6 is 0 Å². The molecular formula is C12H22O3. The molecule has 0 N–H and O–H groups in total. The summed E-state index contributed by atoms with van der Waals surface area (Å²) in [5.74, 6) is -0.0727. The highest BCUT2D eigenvalue weighted by atomic mass is 16.5. The predicted molar refractivity (Wildman–Crippen MR) is 58.6 cm³/mol. The van der Waals surface area contributed by atoms with Gasteiger partial charge < -0.3 is 9.47 Å². The van der Waals surface area contributed by atoms with Crippen LogP contribution in [0.1, 0.15) is 46.0 Å². The van der Waals surface area contributed by atoms with Gasteiger partial charge in [-0.1, -0.05) is 6.92 Å². The molecule has 0 aliphatic heterocycles. The third-order valence-corrected chi connectivity index (χ3v) is 3.27. The zero-order valence-electron chi connectivity index (χ0n) is 10.0. The molecule has 0 aromatic heterocycles. The van der Waals surface area contributed by atoms with Crippen molar-refractivity contribution in [2.24, 2.45) is 5.41 Å². The average Bonchev–Trinajstić information content (AvgIpc) is 2.27. The van der Waals surface area contributed by atoms with E-state index in [0.717, 1.165) is 38.7 Å². The summed E-state index contributed by atoms with van der Waals surface area (Å²) in [7, 11) is 1.47. The van der Waals surface area contributed by atoms with Gasteiger partial charge in [-0.2, -0.15) is 0 Å². The van der Waals surface area contributed by atoms with Crippen LogP contribution in [0, 0.1) is 5.41 Å². The largest absolute Gasteiger partial charge is 0.469 e. The first kappa shape index (κ1) is 12.5. The molecule has 0 radical (unpaired) electrons. The Bertz CT molecular complexity index is 205. The maximum atomic E-state index is 11.5. The number of rotatable bonds is 4. The molecule has 0 aromatic carbocycles. The maximum absolute atomic E-state index is 11.5. The molecule has 1 fully saturated rings. The van der Waals surface area contributed by atoms with Crippen LogP contribution in [0.5, 0.6) is 0 Å². The summed E-state index contributed by atoms with van der Waals surface area (Å²) in [6, 6.07) is 0. The molecular weight excluding hydrogens is 192 g/mol. The van der Waals surface area contributed by atoms with Crippen molar-refractivity contribution in [2.75, 3.05) is 13.7 Å². The van der Waals surface area contributed by atoms with E-state index in [4.69, 9.17) is 9.47 Å². The molecule has 0 unspecified atom stereocenters. The summed E-state index contributed by atoms with van der Waals surface area (Å²) in [4.78, 5) is 11.5. The van der Waals surface area contributed by atoms with Gasteiger partial charge in [0, 0.05) is 6.61 Å². The molecule has 3 heteroatoms. The van der Waals surface area contributed by atoms with Crippen LogP contribution in [0.3, 0.4) is 0 Å². The number of esters is 1. The molecule has 1 saturated carbocycles. The molecule has 1 aliphatic rings. The molecule has 1 aliphatic carbocycles. The third kappa shape index (κ3) is 3.20. The molecule has 0 spiro atoms. The van der Waals surface area contributed by atoms with Gasteiger partial charge in [0.1, 0.15) is 0 Å². The van der Waals surface area contributed by atoms with Crippen LogP contribution in [0.15, 0.2) is 0 Å². The Labute approximate surface area is 92.1 Å². The van der Waals surface area contributed by atoms with Crippen molar-refractivity contribution in [3.8, 4) is 0 Å². The van der Waals surface area contributed by atoms with Gasteiger partial charge in [-0.25, -0.2) is 0 Å². The summed E-state index contributed by atoms with van der Waals surface area (Å²) in [5, 5.41) is 0. The minimum Gasteiger partial charge on any atom is -0.469 e. The van der Waals surface area contributed by atoms with Gasteiger partial charge in [0.25, 0.3) is 0 Å². The standard InChI is InChI=1S/C12H22O3/c1-4-9-15-10-5-7-12(2,8-6-10)11(13)14-3/h10H,4-9H2,1-3H3. The van der Waals surface area contributed by atoms with Crippen molar-refractivity contribution in [3.05, 3.63) is 0 Å². The summed E-state index contributed by atoms with van der Waals surface area (Å²) in [6.45, 7) is 4.94. The lowest BCUT2D eigenvalue weighted by Crippen LogP contribution is -2.36. The number of ether oxygens (including phenoxy) is 2. The molecule has 0 saturated heterocycles. The molecule has 3 nitrogen and oxygen atoms in total. The van der Waals surface area contributed by atoms with Crippen LogP contribution in [0.2, 0.25) is 0 Å². The van der Waals surface area contributed by atoms with E-state index in [9.17, 15) is 4.79 Å². The number of hydrogen-bond acceptors (Lipinski definition) is 3. The zero-order chi connectivity index (χ0) is 11.3. The van der Waals surface area contributed by atoms with Gasteiger partial charge >= 0.3 is 5.97 Å². The highest BCUT2D eigenvalue weighted by Crippen LogP contribution is 2.37. The molecule has 0 heterocycles. The Morgan fingerprint density at radius 3 is 2.47 bits per heavy atom. The van der Waals surface area contributed by atoms with Crippen molar-refractivity contribution in [1.29, 1.82) is 0 Å². The van der Waals surface area contributed by atoms with Gasteiger partial charge in [-0.05, 0) is 39.0 Å².